The molecule has 1 atom stereocenters. The number of carbonyl (C=O) groups is 1. The number of nitriles is 1. The Kier molecular flexibility index (Phi) is 5.26. The highest BCUT2D eigenvalue weighted by atomic mass is 16.2. The summed E-state index contributed by atoms with van der Waals surface area (Å²) in [5.74, 6) is 1.11. The Morgan fingerprint density at radius 2 is 2.08 bits per heavy atom. The molecule has 0 aliphatic carbocycles. The van der Waals surface area contributed by atoms with Gasteiger partial charge >= 0.3 is 0 Å². The average molecular weight is 337 g/mol. The van der Waals surface area contributed by atoms with Crippen molar-refractivity contribution in [3.8, 4) is 6.07 Å². The van der Waals surface area contributed by atoms with Crippen molar-refractivity contribution in [2.45, 2.75) is 13.0 Å². The monoisotopic (exact) mass is 337 g/mol. The summed E-state index contributed by atoms with van der Waals surface area (Å²) >= 11 is 0. The van der Waals surface area contributed by atoms with E-state index >= 15 is 0 Å². The van der Waals surface area contributed by atoms with E-state index in [9.17, 15) is 4.79 Å². The first-order valence-corrected chi connectivity index (χ1v) is 8.54. The molecule has 1 amide bonds. The van der Waals surface area contributed by atoms with Crippen LogP contribution in [0, 0.1) is 11.3 Å². The second-order valence-electron chi connectivity index (χ2n) is 6.30. The first kappa shape index (κ1) is 16.9. The fraction of sp³-hybridized carbons (Fsp3) is 0.316. The van der Waals surface area contributed by atoms with Crippen LogP contribution in [0.3, 0.4) is 0 Å². The van der Waals surface area contributed by atoms with Crippen LogP contribution in [0.25, 0.3) is 0 Å². The smallest absolute Gasteiger partial charge is 0.282 e. The number of carbonyl (C=O) groups excluding carboxylic acids is 1. The number of quaternary nitrogens is 1. The molecule has 128 valence electrons. The van der Waals surface area contributed by atoms with Gasteiger partial charge in [-0.25, -0.2) is 4.98 Å². The predicted molar refractivity (Wildman–Crippen MR) is 95.2 cm³/mol. The molecular formula is C19H23N5O+2. The third kappa shape index (κ3) is 4.14. The summed E-state index contributed by atoms with van der Waals surface area (Å²) in [6.45, 7) is 5.61. The Morgan fingerprint density at radius 3 is 2.76 bits per heavy atom. The quantitative estimate of drug-likeness (QED) is 0.831. The molecule has 0 unspecified atom stereocenters. The minimum Gasteiger partial charge on any atom is -0.321 e. The van der Waals surface area contributed by atoms with Gasteiger partial charge < -0.3 is 10.2 Å². The van der Waals surface area contributed by atoms with E-state index in [1.807, 2.05) is 31.3 Å². The van der Waals surface area contributed by atoms with Crippen LogP contribution in [0.4, 0.5) is 11.5 Å². The summed E-state index contributed by atoms with van der Waals surface area (Å²) < 4.78 is 0. The number of H-pyrrole nitrogens is 1. The molecule has 25 heavy (non-hydrogen) atoms. The molecule has 3 N–H and O–H groups in total. The largest absolute Gasteiger partial charge is 0.321 e. The molecular weight excluding hydrogens is 314 g/mol. The number of pyridine rings is 1. The van der Waals surface area contributed by atoms with Gasteiger partial charge in [0.1, 0.15) is 26.2 Å². The zero-order valence-corrected chi connectivity index (χ0v) is 14.3. The van der Waals surface area contributed by atoms with E-state index in [4.69, 9.17) is 5.26 Å². The highest BCUT2D eigenvalue weighted by Gasteiger charge is 2.32. The zero-order chi connectivity index (χ0) is 17.6. The third-order valence-electron chi connectivity index (χ3n) is 4.70. The molecule has 0 spiro atoms. The summed E-state index contributed by atoms with van der Waals surface area (Å²) in [4.78, 5) is 19.4. The molecule has 2 heterocycles. The molecule has 6 heteroatoms. The zero-order valence-electron chi connectivity index (χ0n) is 14.3. The van der Waals surface area contributed by atoms with Gasteiger partial charge in [0.05, 0.1) is 17.8 Å². The molecule has 0 radical (unpaired) electrons. The maximum Gasteiger partial charge on any atom is 0.282 e. The number of benzene rings is 1. The lowest BCUT2D eigenvalue weighted by Gasteiger charge is -2.31. The van der Waals surface area contributed by atoms with Crippen molar-refractivity contribution in [1.29, 1.82) is 5.26 Å². The predicted octanol–water partition coefficient (Wildman–Crippen LogP) is 0.104. The van der Waals surface area contributed by atoms with E-state index in [0.29, 0.717) is 11.3 Å². The van der Waals surface area contributed by atoms with Crippen molar-refractivity contribution in [3.63, 3.8) is 0 Å². The number of amides is 1. The molecule has 3 rings (SSSR count). The van der Waals surface area contributed by atoms with Crippen molar-refractivity contribution in [1.82, 2.24) is 0 Å². The molecule has 6 nitrogen and oxygen atoms in total. The number of aromatic nitrogens is 1. The van der Waals surface area contributed by atoms with Crippen LogP contribution >= 0.6 is 0 Å². The average Bonchev–Trinajstić information content (AvgIpc) is 2.68. The minimum atomic E-state index is -0.132. The van der Waals surface area contributed by atoms with E-state index < -0.39 is 0 Å². The highest BCUT2D eigenvalue weighted by Crippen LogP contribution is 2.10. The second kappa shape index (κ2) is 7.77. The summed E-state index contributed by atoms with van der Waals surface area (Å²) in [7, 11) is 0. The van der Waals surface area contributed by atoms with E-state index in [-0.39, 0.29) is 11.9 Å². The second-order valence-corrected chi connectivity index (χ2v) is 6.30. The van der Waals surface area contributed by atoms with Gasteiger partial charge in [-0.2, -0.15) is 5.26 Å². The van der Waals surface area contributed by atoms with Gasteiger partial charge in [-0.15, -0.1) is 0 Å². The number of piperazine rings is 1. The van der Waals surface area contributed by atoms with Gasteiger partial charge in [0.2, 0.25) is 0 Å². The fourth-order valence-corrected chi connectivity index (χ4v) is 3.15. The lowest BCUT2D eigenvalue weighted by molar-refractivity contribution is -0.914. The topological polar surface area (TPSA) is 74.7 Å². The summed E-state index contributed by atoms with van der Waals surface area (Å²) in [5, 5.41) is 11.9. The molecule has 1 saturated heterocycles. The Hall–Kier alpha value is -2.91. The van der Waals surface area contributed by atoms with Gasteiger partial charge in [-0.1, -0.05) is 12.1 Å². The first-order valence-electron chi connectivity index (χ1n) is 8.54. The Labute approximate surface area is 147 Å². The Morgan fingerprint density at radius 1 is 1.28 bits per heavy atom. The summed E-state index contributed by atoms with van der Waals surface area (Å²) in [6.07, 6.45) is 1.93. The lowest BCUT2D eigenvalue weighted by Crippen LogP contribution is -3.19. The van der Waals surface area contributed by atoms with E-state index in [1.54, 1.807) is 18.2 Å². The van der Waals surface area contributed by atoms with Gasteiger partial charge in [0, 0.05) is 11.8 Å². The van der Waals surface area contributed by atoms with E-state index in [1.165, 1.54) is 4.90 Å². The van der Waals surface area contributed by atoms with Crippen molar-refractivity contribution in [2.24, 2.45) is 0 Å². The van der Waals surface area contributed by atoms with Gasteiger partial charge in [0.15, 0.2) is 6.04 Å². The first-order chi connectivity index (χ1) is 12.2. The number of nitrogens with one attached hydrogen (secondary N) is 3. The molecule has 1 aromatic carbocycles. The number of aromatic amines is 1. The van der Waals surface area contributed by atoms with E-state index in [2.05, 4.69) is 27.3 Å². The number of anilines is 2. The van der Waals surface area contributed by atoms with Crippen molar-refractivity contribution >= 4 is 17.4 Å². The number of nitrogens with zero attached hydrogens (tertiary/aromatic N) is 2. The Balaban J connectivity index is 1.56. The molecule has 1 fully saturated rings. The van der Waals surface area contributed by atoms with Gasteiger partial charge in [-0.05, 0) is 31.2 Å². The number of hydrogen-bond donors (Lipinski definition) is 2. The van der Waals surface area contributed by atoms with Crippen LogP contribution < -0.4 is 20.1 Å². The molecule has 2 aromatic rings. The molecule has 1 aliphatic heterocycles. The van der Waals surface area contributed by atoms with Crippen molar-refractivity contribution < 1.29 is 14.7 Å². The standard InChI is InChI=1S/C19H21N5O/c1-15(19(25)22-17-6-4-5-16(13-17)14-20)23-9-11-24(12-10-23)18-7-2-3-8-21-18/h2-8,13,15H,9-12H2,1H3,(H,22,25)/p+2/t15-/m0/s1. The van der Waals surface area contributed by atoms with Crippen LogP contribution in [0.2, 0.25) is 0 Å². The van der Waals surface area contributed by atoms with Crippen LogP contribution in [0.15, 0.2) is 48.7 Å². The lowest BCUT2D eigenvalue weighted by atomic mass is 10.2. The molecule has 1 aromatic heterocycles. The third-order valence-corrected chi connectivity index (χ3v) is 4.70. The van der Waals surface area contributed by atoms with Crippen LogP contribution in [0.1, 0.15) is 12.5 Å². The van der Waals surface area contributed by atoms with Crippen LogP contribution in [-0.4, -0.2) is 38.1 Å². The summed E-state index contributed by atoms with van der Waals surface area (Å²) in [5.41, 5.74) is 1.22. The van der Waals surface area contributed by atoms with Gasteiger partial charge in [-0.3, -0.25) is 9.69 Å². The summed E-state index contributed by atoms with van der Waals surface area (Å²) in [6, 6.07) is 15.0. The maximum atomic E-state index is 12.5. The SMILES string of the molecule is C[C@@H](C(=O)Nc1cccc(C#N)c1)[NH+]1CCN(c2cccc[nH+]2)CC1. The minimum absolute atomic E-state index is 0.00943. The molecule has 1 aliphatic rings. The highest BCUT2D eigenvalue weighted by molar-refractivity contribution is 5.93. The normalized spacial score (nSPS) is 16.1. The molecule has 0 saturated carbocycles. The number of rotatable bonds is 4. The van der Waals surface area contributed by atoms with Crippen molar-refractivity contribution in [2.75, 3.05) is 36.4 Å². The van der Waals surface area contributed by atoms with Crippen LogP contribution in [-0.2, 0) is 4.79 Å². The maximum absolute atomic E-state index is 12.5. The number of hydrogen-bond acceptors (Lipinski definition) is 3. The Bertz CT molecular complexity index is 763. The van der Waals surface area contributed by atoms with Crippen LogP contribution in [0.5, 0.6) is 0 Å². The van der Waals surface area contributed by atoms with Gasteiger partial charge in [0.25, 0.3) is 11.7 Å². The van der Waals surface area contributed by atoms with Crippen molar-refractivity contribution in [3.05, 3.63) is 54.2 Å². The fourth-order valence-electron chi connectivity index (χ4n) is 3.15. The molecule has 0 bridgehead atoms. The van der Waals surface area contributed by atoms with E-state index in [0.717, 1.165) is 32.0 Å².